The van der Waals surface area contributed by atoms with Gasteiger partial charge in [-0.05, 0) is 38.3 Å². The number of rotatable bonds is 6. The van der Waals surface area contributed by atoms with Gasteiger partial charge in [-0.3, -0.25) is 4.90 Å². The number of benzene rings is 1. The molecule has 3 aromatic rings. The molecule has 4 N–H and O–H groups in total. The Kier molecular flexibility index (Phi) is 6.40. The zero-order valence-electron chi connectivity index (χ0n) is 24.6. The van der Waals surface area contributed by atoms with Crippen molar-refractivity contribution < 1.29 is 36.2 Å². The number of hydrogen-bond acceptors (Lipinski definition) is 10. The van der Waals surface area contributed by atoms with E-state index in [4.69, 9.17) is 19.9 Å². The van der Waals surface area contributed by atoms with Crippen molar-refractivity contribution in [3.8, 4) is 23.1 Å². The SMILES string of the molecule is Cc1c(F)c(N)cc(-c2nc3c4c(nc(OCC5(CN6CC7OCC76)CC5)nc4c2F)NCC2NC2C[C@H](C)O3)c1C(F)(F)F. The molecule has 1 aliphatic carbocycles. The standard InChI is InChI=1S/C30H32F5N7O3/c1-12-5-16-17(38-16)7-37-26-20-25(40-28(41-26)44-11-29(3-4-29)10-42-8-19-18(42)9-43-19)23(32)24(39-27(20)45-12)14-6-15(36)22(31)13(2)21(14)30(33,34)35/h6,12,16-19,38H,3-5,7-11,36H2,1-2H3,(H,37,40,41)/t12-,16?,17?,18?,19?/m0/s1. The number of anilines is 2. The lowest BCUT2D eigenvalue weighted by molar-refractivity contribution is -0.218. The topological polar surface area (TPSA) is 130 Å². The highest BCUT2D eigenvalue weighted by molar-refractivity contribution is 5.96. The highest BCUT2D eigenvalue weighted by atomic mass is 19.4. The number of nitrogens with two attached hydrogens (primary N) is 1. The lowest BCUT2D eigenvalue weighted by Crippen LogP contribution is -2.71. The van der Waals surface area contributed by atoms with Gasteiger partial charge >= 0.3 is 12.2 Å². The van der Waals surface area contributed by atoms with Crippen LogP contribution in [0.5, 0.6) is 11.9 Å². The summed E-state index contributed by atoms with van der Waals surface area (Å²) in [6.45, 7) is 5.96. The number of fused-ring (bicyclic) bond motifs is 2. The molecule has 0 amide bonds. The number of pyridine rings is 1. The average molecular weight is 634 g/mol. The first-order valence-corrected chi connectivity index (χ1v) is 15.1. The van der Waals surface area contributed by atoms with Crippen molar-refractivity contribution >= 4 is 22.4 Å². The van der Waals surface area contributed by atoms with Gasteiger partial charge < -0.3 is 30.6 Å². The van der Waals surface area contributed by atoms with Gasteiger partial charge in [-0.1, -0.05) is 0 Å². The summed E-state index contributed by atoms with van der Waals surface area (Å²) >= 11 is 0. The Balaban J connectivity index is 1.23. The van der Waals surface area contributed by atoms with Gasteiger partial charge in [0.2, 0.25) is 5.88 Å². The Labute approximate surface area is 254 Å². The molecule has 4 aliphatic heterocycles. The predicted octanol–water partition coefficient (Wildman–Crippen LogP) is 4.04. The van der Waals surface area contributed by atoms with Crippen LogP contribution in [0.2, 0.25) is 0 Å². The molecule has 1 saturated carbocycles. The third-order valence-electron chi connectivity index (χ3n) is 9.79. The molecule has 4 unspecified atom stereocenters. The molecule has 0 bridgehead atoms. The molecular formula is C30H32F5N7O3. The number of likely N-dealkylation sites (tertiary alicyclic amines) is 1. The number of alkyl halides is 3. The second-order valence-electron chi connectivity index (χ2n) is 13.1. The van der Waals surface area contributed by atoms with Crippen LogP contribution in [-0.2, 0) is 10.9 Å². The summed E-state index contributed by atoms with van der Waals surface area (Å²) in [5.74, 6) is -2.35. The second-order valence-corrected chi connectivity index (χ2v) is 13.1. The maximum atomic E-state index is 16.6. The number of hydrogen-bond donors (Lipinski definition) is 3. The molecule has 8 rings (SSSR count). The molecule has 15 heteroatoms. The summed E-state index contributed by atoms with van der Waals surface area (Å²) in [7, 11) is 0. The number of nitrogens with one attached hydrogen (secondary N) is 2. The Morgan fingerprint density at radius 2 is 1.96 bits per heavy atom. The minimum atomic E-state index is -5.04. The number of aromatic nitrogens is 3. The van der Waals surface area contributed by atoms with Crippen LogP contribution in [0.25, 0.3) is 22.2 Å². The van der Waals surface area contributed by atoms with E-state index in [-0.39, 0.29) is 46.1 Å². The van der Waals surface area contributed by atoms with Crippen LogP contribution < -0.4 is 25.8 Å². The van der Waals surface area contributed by atoms with E-state index in [1.807, 2.05) is 0 Å². The van der Waals surface area contributed by atoms with E-state index in [9.17, 15) is 17.6 Å². The fraction of sp³-hybridized carbons (Fsp3) is 0.567. The zero-order chi connectivity index (χ0) is 31.4. The van der Waals surface area contributed by atoms with Crippen molar-refractivity contribution in [1.82, 2.24) is 25.2 Å². The van der Waals surface area contributed by atoms with Crippen LogP contribution in [0, 0.1) is 24.0 Å². The molecule has 6 heterocycles. The van der Waals surface area contributed by atoms with Crippen molar-refractivity contribution in [3.63, 3.8) is 0 Å². The zero-order valence-corrected chi connectivity index (χ0v) is 24.6. The molecular weight excluding hydrogens is 601 g/mol. The Hall–Kier alpha value is -3.56. The number of nitrogen functional groups attached to an aromatic ring is 1. The maximum Gasteiger partial charge on any atom is 0.417 e. The predicted molar refractivity (Wildman–Crippen MR) is 153 cm³/mol. The van der Waals surface area contributed by atoms with E-state index in [0.29, 0.717) is 31.7 Å². The fourth-order valence-corrected chi connectivity index (χ4v) is 6.82. The highest BCUT2D eigenvalue weighted by Gasteiger charge is 2.53. The first-order chi connectivity index (χ1) is 21.4. The number of ether oxygens (including phenoxy) is 3. The van der Waals surface area contributed by atoms with Crippen LogP contribution >= 0.6 is 0 Å². The number of morpholine rings is 1. The summed E-state index contributed by atoms with van der Waals surface area (Å²) in [5.41, 5.74) is 1.19. The summed E-state index contributed by atoms with van der Waals surface area (Å²) in [4.78, 5) is 15.6. The van der Waals surface area contributed by atoms with Gasteiger partial charge in [-0.15, -0.1) is 0 Å². The largest absolute Gasteiger partial charge is 0.474 e. The lowest BCUT2D eigenvalue weighted by Gasteiger charge is -2.55. The molecule has 4 fully saturated rings. The van der Waals surface area contributed by atoms with Gasteiger partial charge in [0.1, 0.15) is 28.2 Å². The van der Waals surface area contributed by atoms with Crippen LogP contribution in [0.4, 0.5) is 33.5 Å². The number of nitrogens with zero attached hydrogens (tertiary/aromatic N) is 4. The van der Waals surface area contributed by atoms with Crippen molar-refractivity contribution in [2.75, 3.05) is 43.9 Å². The van der Waals surface area contributed by atoms with Gasteiger partial charge in [-0.2, -0.15) is 23.1 Å². The molecule has 45 heavy (non-hydrogen) atoms. The van der Waals surface area contributed by atoms with Crippen LogP contribution in [0.1, 0.15) is 37.3 Å². The van der Waals surface area contributed by atoms with Gasteiger partial charge in [0, 0.05) is 49.1 Å². The minimum absolute atomic E-state index is 0.0765. The molecule has 240 valence electrons. The summed E-state index contributed by atoms with van der Waals surface area (Å²) < 4.78 is 91.9. The number of halogens is 5. The van der Waals surface area contributed by atoms with E-state index in [2.05, 4.69) is 30.5 Å². The van der Waals surface area contributed by atoms with E-state index in [1.165, 1.54) is 0 Å². The van der Waals surface area contributed by atoms with Crippen LogP contribution in [0.15, 0.2) is 6.07 Å². The van der Waals surface area contributed by atoms with E-state index < -0.39 is 52.0 Å². The summed E-state index contributed by atoms with van der Waals surface area (Å²) in [5, 5.41) is 6.65. The maximum absolute atomic E-state index is 16.6. The van der Waals surface area contributed by atoms with Gasteiger partial charge in [0.25, 0.3) is 0 Å². The second kappa shape index (κ2) is 9.97. The van der Waals surface area contributed by atoms with Crippen molar-refractivity contribution in [1.29, 1.82) is 0 Å². The van der Waals surface area contributed by atoms with E-state index >= 15 is 4.39 Å². The molecule has 5 atom stereocenters. The molecule has 2 aromatic heterocycles. The first-order valence-electron chi connectivity index (χ1n) is 15.1. The van der Waals surface area contributed by atoms with Crippen molar-refractivity contribution in [2.24, 2.45) is 5.41 Å². The first kappa shape index (κ1) is 28.9. The van der Waals surface area contributed by atoms with Crippen LogP contribution in [0.3, 0.4) is 0 Å². The van der Waals surface area contributed by atoms with Gasteiger partial charge in [0.15, 0.2) is 5.82 Å². The third-order valence-corrected chi connectivity index (χ3v) is 9.79. The fourth-order valence-electron chi connectivity index (χ4n) is 6.82. The summed E-state index contributed by atoms with van der Waals surface area (Å²) in [6.07, 6.45) is -2.65. The van der Waals surface area contributed by atoms with E-state index in [1.54, 1.807) is 6.92 Å². The van der Waals surface area contributed by atoms with Crippen molar-refractivity contribution in [3.05, 3.63) is 28.8 Å². The monoisotopic (exact) mass is 633 g/mol. The molecule has 10 nitrogen and oxygen atoms in total. The summed E-state index contributed by atoms with van der Waals surface area (Å²) in [6, 6.07) is 1.35. The van der Waals surface area contributed by atoms with Crippen LogP contribution in [-0.4, -0.2) is 83.0 Å². The van der Waals surface area contributed by atoms with Gasteiger partial charge in [-0.25, -0.2) is 13.8 Å². The molecule has 5 aliphatic rings. The molecule has 3 saturated heterocycles. The Morgan fingerprint density at radius 3 is 2.62 bits per heavy atom. The van der Waals surface area contributed by atoms with Crippen molar-refractivity contribution in [2.45, 2.75) is 69.6 Å². The average Bonchev–Trinajstić information content (AvgIpc) is 3.89. The molecule has 0 spiro atoms. The molecule has 0 radical (unpaired) electrons. The minimum Gasteiger partial charge on any atom is -0.474 e. The van der Waals surface area contributed by atoms with E-state index in [0.717, 1.165) is 45.5 Å². The van der Waals surface area contributed by atoms with Gasteiger partial charge in [0.05, 0.1) is 42.7 Å². The molecule has 1 aromatic carbocycles. The lowest BCUT2D eigenvalue weighted by atomic mass is 9.92. The highest BCUT2D eigenvalue weighted by Crippen LogP contribution is 2.49. The normalized spacial score (nSPS) is 28.1. The quantitative estimate of drug-likeness (QED) is 0.208. The Bertz CT molecular complexity index is 1720. The Morgan fingerprint density at radius 1 is 1.16 bits per heavy atom. The third kappa shape index (κ3) is 4.90. The smallest absolute Gasteiger partial charge is 0.417 e.